The van der Waals surface area contributed by atoms with Gasteiger partial charge in [0.1, 0.15) is 0 Å². The molecule has 2 aromatic rings. The molecule has 0 saturated carbocycles. The average Bonchev–Trinajstić information content (AvgIpc) is 3.04. The summed E-state index contributed by atoms with van der Waals surface area (Å²) < 4.78 is 10.4. The third-order valence-electron chi connectivity index (χ3n) is 3.75. The highest BCUT2D eigenvalue weighted by Gasteiger charge is 2.12. The number of rotatable bonds is 6. The summed E-state index contributed by atoms with van der Waals surface area (Å²) in [7, 11) is 2.99. The van der Waals surface area contributed by atoms with Crippen LogP contribution in [-0.4, -0.2) is 26.0 Å². The molecule has 6 nitrogen and oxygen atoms in total. The van der Waals surface area contributed by atoms with Gasteiger partial charge in [0.2, 0.25) is 0 Å². The number of aryl methyl sites for hydroxylation is 2. The third kappa shape index (κ3) is 5.24. The number of hydrazine groups is 1. The minimum atomic E-state index is -0.474. The molecule has 0 aliphatic carbocycles. The van der Waals surface area contributed by atoms with Crippen molar-refractivity contribution in [3.05, 3.63) is 50.2 Å². The van der Waals surface area contributed by atoms with Gasteiger partial charge in [0.15, 0.2) is 11.5 Å². The summed E-state index contributed by atoms with van der Waals surface area (Å²) >= 11 is 7.55. The van der Waals surface area contributed by atoms with Gasteiger partial charge in [0, 0.05) is 11.0 Å². The molecule has 0 unspecified atom stereocenters. The van der Waals surface area contributed by atoms with Crippen molar-refractivity contribution in [2.45, 2.75) is 20.3 Å². The van der Waals surface area contributed by atoms with Gasteiger partial charge in [0.05, 0.1) is 24.1 Å². The SMILES string of the molecule is CCc1sc(C(=O)NNC(=O)/C=C/c2cc(Cl)c(OC)c(OC)c2)cc1C. The molecule has 0 aliphatic rings. The molecule has 0 fully saturated rings. The quantitative estimate of drug-likeness (QED) is 0.563. The minimum Gasteiger partial charge on any atom is -0.493 e. The molecule has 2 N–H and O–H groups in total. The number of thiophene rings is 1. The fraction of sp³-hybridized carbons (Fsp3) is 0.263. The van der Waals surface area contributed by atoms with Crippen LogP contribution >= 0.6 is 22.9 Å². The number of nitrogens with one attached hydrogen (secondary N) is 2. The summed E-state index contributed by atoms with van der Waals surface area (Å²) in [6, 6.07) is 5.15. The second-order valence-electron chi connectivity index (χ2n) is 5.59. The summed E-state index contributed by atoms with van der Waals surface area (Å²) in [5.74, 6) is 0.0563. The first-order valence-electron chi connectivity index (χ1n) is 8.18. The maximum Gasteiger partial charge on any atom is 0.279 e. The van der Waals surface area contributed by atoms with Crippen LogP contribution in [0.2, 0.25) is 5.02 Å². The normalized spacial score (nSPS) is 10.7. The highest BCUT2D eigenvalue weighted by molar-refractivity contribution is 7.14. The molecule has 0 radical (unpaired) electrons. The summed E-state index contributed by atoms with van der Waals surface area (Å²) in [5, 5.41) is 0.366. The number of carbonyl (C=O) groups excluding carboxylic acids is 2. The molecule has 0 bridgehead atoms. The number of ether oxygens (including phenoxy) is 2. The molecule has 1 aromatic heterocycles. The Morgan fingerprint density at radius 3 is 2.52 bits per heavy atom. The first-order valence-corrected chi connectivity index (χ1v) is 9.38. The number of carbonyl (C=O) groups is 2. The van der Waals surface area contributed by atoms with Gasteiger partial charge in [-0.1, -0.05) is 18.5 Å². The predicted molar refractivity (Wildman–Crippen MR) is 108 cm³/mol. The van der Waals surface area contributed by atoms with Crippen molar-refractivity contribution in [1.29, 1.82) is 0 Å². The van der Waals surface area contributed by atoms with E-state index in [1.54, 1.807) is 18.2 Å². The van der Waals surface area contributed by atoms with Gasteiger partial charge < -0.3 is 9.47 Å². The fourth-order valence-electron chi connectivity index (χ4n) is 2.41. The lowest BCUT2D eigenvalue weighted by Gasteiger charge is -2.10. The smallest absolute Gasteiger partial charge is 0.279 e. The fourth-order valence-corrected chi connectivity index (χ4v) is 3.72. The van der Waals surface area contributed by atoms with Crippen molar-refractivity contribution in [2.75, 3.05) is 14.2 Å². The molecule has 0 saturated heterocycles. The number of methoxy groups -OCH3 is 2. The second kappa shape index (κ2) is 9.43. The zero-order valence-electron chi connectivity index (χ0n) is 15.5. The Morgan fingerprint density at radius 1 is 1.19 bits per heavy atom. The van der Waals surface area contributed by atoms with Crippen LogP contribution in [0.5, 0.6) is 11.5 Å². The molecule has 144 valence electrons. The first kappa shape index (κ1) is 20.8. The van der Waals surface area contributed by atoms with Crippen LogP contribution in [0.4, 0.5) is 0 Å². The van der Waals surface area contributed by atoms with Gasteiger partial charge in [-0.05, 0) is 48.7 Å². The lowest BCUT2D eigenvalue weighted by atomic mass is 10.2. The predicted octanol–water partition coefficient (Wildman–Crippen LogP) is 3.76. The Labute approximate surface area is 167 Å². The molecule has 2 amide bonds. The molecule has 8 heteroatoms. The van der Waals surface area contributed by atoms with E-state index in [1.165, 1.54) is 31.6 Å². The van der Waals surface area contributed by atoms with Crippen molar-refractivity contribution >= 4 is 40.8 Å². The number of halogens is 1. The first-order chi connectivity index (χ1) is 12.9. The van der Waals surface area contributed by atoms with Crippen LogP contribution in [0.25, 0.3) is 6.08 Å². The van der Waals surface area contributed by atoms with Gasteiger partial charge >= 0.3 is 0 Å². The summed E-state index contributed by atoms with van der Waals surface area (Å²) in [6.07, 6.45) is 3.71. The van der Waals surface area contributed by atoms with E-state index in [0.717, 1.165) is 16.9 Å². The van der Waals surface area contributed by atoms with Crippen LogP contribution in [0.15, 0.2) is 24.3 Å². The Balaban J connectivity index is 1.99. The molecular formula is C19H21ClN2O4S. The number of amides is 2. The molecule has 0 spiro atoms. The molecule has 27 heavy (non-hydrogen) atoms. The largest absolute Gasteiger partial charge is 0.493 e. The third-order valence-corrected chi connectivity index (χ3v) is 5.41. The zero-order valence-corrected chi connectivity index (χ0v) is 17.1. The van der Waals surface area contributed by atoms with E-state index in [9.17, 15) is 9.59 Å². The molecule has 0 atom stereocenters. The molecule has 0 aliphatic heterocycles. The van der Waals surface area contributed by atoms with Crippen LogP contribution in [-0.2, 0) is 11.2 Å². The Morgan fingerprint density at radius 2 is 1.93 bits per heavy atom. The van der Waals surface area contributed by atoms with E-state index in [0.29, 0.717) is 27.0 Å². The van der Waals surface area contributed by atoms with Crippen molar-refractivity contribution in [3.8, 4) is 11.5 Å². The van der Waals surface area contributed by atoms with E-state index in [2.05, 4.69) is 10.9 Å². The Hall–Kier alpha value is -2.51. The van der Waals surface area contributed by atoms with Crippen LogP contribution in [0.3, 0.4) is 0 Å². The highest BCUT2D eigenvalue weighted by atomic mass is 35.5. The van der Waals surface area contributed by atoms with Crippen molar-refractivity contribution in [3.63, 3.8) is 0 Å². The summed E-state index contributed by atoms with van der Waals surface area (Å²) in [4.78, 5) is 25.8. The topological polar surface area (TPSA) is 76.7 Å². The van der Waals surface area contributed by atoms with Crippen LogP contribution < -0.4 is 20.3 Å². The molecule has 2 rings (SSSR count). The molecule has 1 aromatic carbocycles. The van der Waals surface area contributed by atoms with Crippen molar-refractivity contribution in [1.82, 2.24) is 10.9 Å². The van der Waals surface area contributed by atoms with Gasteiger partial charge in [-0.2, -0.15) is 0 Å². The highest BCUT2D eigenvalue weighted by Crippen LogP contribution is 2.36. The summed E-state index contributed by atoms with van der Waals surface area (Å²) in [6.45, 7) is 4.00. The maximum atomic E-state index is 12.1. The number of hydrogen-bond acceptors (Lipinski definition) is 5. The Bertz CT molecular complexity index is 877. The summed E-state index contributed by atoms with van der Waals surface area (Å²) in [5.41, 5.74) is 6.48. The lowest BCUT2D eigenvalue weighted by molar-refractivity contribution is -0.117. The standard InChI is InChI=1S/C19H21ClN2O4S/c1-5-15-11(2)8-16(27-15)19(24)22-21-17(23)7-6-12-9-13(20)18(26-4)14(10-12)25-3/h6-10H,5H2,1-4H3,(H,21,23)(H,22,24)/b7-6+. The van der Waals surface area contributed by atoms with Gasteiger partial charge in [0.25, 0.3) is 11.8 Å². The lowest BCUT2D eigenvalue weighted by Crippen LogP contribution is -2.40. The maximum absolute atomic E-state index is 12.1. The monoisotopic (exact) mass is 408 g/mol. The second-order valence-corrected chi connectivity index (χ2v) is 7.13. The van der Waals surface area contributed by atoms with E-state index < -0.39 is 5.91 Å². The zero-order chi connectivity index (χ0) is 20.0. The van der Waals surface area contributed by atoms with Gasteiger partial charge in [-0.25, -0.2) is 0 Å². The molecule has 1 heterocycles. The Kier molecular flexibility index (Phi) is 7.27. The van der Waals surface area contributed by atoms with E-state index >= 15 is 0 Å². The van der Waals surface area contributed by atoms with Crippen LogP contribution in [0, 0.1) is 6.92 Å². The van der Waals surface area contributed by atoms with Crippen molar-refractivity contribution < 1.29 is 19.1 Å². The average molecular weight is 409 g/mol. The van der Waals surface area contributed by atoms with E-state index in [1.807, 2.05) is 19.9 Å². The molecular weight excluding hydrogens is 388 g/mol. The van der Waals surface area contributed by atoms with Crippen LogP contribution in [0.1, 0.15) is 32.6 Å². The van der Waals surface area contributed by atoms with E-state index in [-0.39, 0.29) is 5.91 Å². The number of hydrogen-bond donors (Lipinski definition) is 2. The van der Waals surface area contributed by atoms with Gasteiger partial charge in [-0.15, -0.1) is 11.3 Å². The minimum absolute atomic E-state index is 0.348. The van der Waals surface area contributed by atoms with E-state index in [4.69, 9.17) is 21.1 Å². The van der Waals surface area contributed by atoms with Gasteiger partial charge in [-0.3, -0.25) is 20.4 Å². The van der Waals surface area contributed by atoms with Crippen molar-refractivity contribution in [2.24, 2.45) is 0 Å². The number of benzene rings is 1.